The van der Waals surface area contributed by atoms with Gasteiger partial charge in [0, 0.05) is 17.7 Å². The molecular weight excluding hydrogens is 548 g/mol. The van der Waals surface area contributed by atoms with Crippen molar-refractivity contribution >= 4 is 16.8 Å². The SMILES string of the molecule is C[C@@H]1O[C@@H](O[C@@H]2C(=O)[C@@H](O)[C@@H](C)O[C@H]2c2c(O)cc3oc(-c4ccc(O)c(O)c4)cc(=O)c3c2O)[C@@H](O)[C@@H](O)[C@@H]1O. The number of ketones is 1. The highest BCUT2D eigenvalue weighted by Gasteiger charge is 2.50. The van der Waals surface area contributed by atoms with Gasteiger partial charge in [0.2, 0.25) is 0 Å². The summed E-state index contributed by atoms with van der Waals surface area (Å²) in [5, 5.41) is 82.0. The smallest absolute Gasteiger partial charge is 0.197 e. The first-order valence-electron chi connectivity index (χ1n) is 12.6. The summed E-state index contributed by atoms with van der Waals surface area (Å²) in [6.45, 7) is 2.74. The van der Waals surface area contributed by atoms with Crippen LogP contribution in [0.1, 0.15) is 25.5 Å². The van der Waals surface area contributed by atoms with Crippen LogP contribution in [-0.4, -0.2) is 95.7 Å². The molecule has 3 heterocycles. The Morgan fingerprint density at radius 1 is 0.780 bits per heavy atom. The van der Waals surface area contributed by atoms with E-state index in [-0.39, 0.29) is 16.9 Å². The average molecular weight is 577 g/mol. The lowest BCUT2D eigenvalue weighted by Crippen LogP contribution is -2.60. The van der Waals surface area contributed by atoms with E-state index in [1.165, 1.54) is 26.0 Å². The Balaban J connectivity index is 1.58. The number of phenols is 4. The number of Topliss-reactive ketones (excluding diaryl/α,β-unsaturated/α-hetero) is 1. The molecule has 41 heavy (non-hydrogen) atoms. The van der Waals surface area contributed by atoms with Crippen LogP contribution in [0.4, 0.5) is 0 Å². The van der Waals surface area contributed by atoms with Gasteiger partial charge in [0.05, 0.1) is 17.8 Å². The predicted molar refractivity (Wildman–Crippen MR) is 136 cm³/mol. The van der Waals surface area contributed by atoms with E-state index in [4.69, 9.17) is 18.6 Å². The first-order chi connectivity index (χ1) is 19.3. The molecule has 2 fully saturated rings. The Kier molecular flexibility index (Phi) is 7.42. The standard InChI is InChI=1S/C27H28O14/c1-8-20(33)23(36)26(41-27-24(37)22(35)19(32)9(2)39-27)25(38-8)18-14(31)7-16-17(21(18)34)13(30)6-15(40-16)10-3-4-11(28)12(29)5-10/h3-9,19-20,22,24-29,31-35,37H,1-2H3/t8-,9+,19-,20+,22+,24+,25+,26-,27+/m1/s1. The van der Waals surface area contributed by atoms with Gasteiger partial charge in [0.25, 0.3) is 0 Å². The second-order valence-corrected chi connectivity index (χ2v) is 10.1. The number of phenolic OH excluding ortho intramolecular Hbond substituents is 4. The topological polar surface area (TPSA) is 237 Å². The maximum absolute atomic E-state index is 13.1. The first kappa shape index (κ1) is 28.8. The summed E-state index contributed by atoms with van der Waals surface area (Å²) < 4.78 is 22.5. The summed E-state index contributed by atoms with van der Waals surface area (Å²) >= 11 is 0. The van der Waals surface area contributed by atoms with Crippen molar-refractivity contribution in [1.29, 1.82) is 0 Å². The van der Waals surface area contributed by atoms with Crippen LogP contribution in [0.5, 0.6) is 23.0 Å². The van der Waals surface area contributed by atoms with Crippen molar-refractivity contribution in [2.45, 2.75) is 69.0 Å². The molecule has 1 aromatic heterocycles. The fourth-order valence-corrected chi connectivity index (χ4v) is 4.96. The van der Waals surface area contributed by atoms with E-state index >= 15 is 0 Å². The highest BCUT2D eigenvalue weighted by molar-refractivity contribution is 5.92. The molecule has 0 spiro atoms. The van der Waals surface area contributed by atoms with Gasteiger partial charge in [-0.3, -0.25) is 9.59 Å². The van der Waals surface area contributed by atoms with Crippen LogP contribution < -0.4 is 5.43 Å². The second-order valence-electron chi connectivity index (χ2n) is 10.1. The third-order valence-corrected chi connectivity index (χ3v) is 7.30. The molecule has 9 atom stereocenters. The van der Waals surface area contributed by atoms with Gasteiger partial charge in [-0.15, -0.1) is 0 Å². The number of aromatic hydroxyl groups is 4. The number of hydrogen-bond donors (Lipinski definition) is 8. The van der Waals surface area contributed by atoms with Gasteiger partial charge in [-0.2, -0.15) is 0 Å². The molecule has 2 saturated heterocycles. The Hall–Kier alpha value is -3.76. The van der Waals surface area contributed by atoms with Crippen molar-refractivity contribution in [3.8, 4) is 34.3 Å². The van der Waals surface area contributed by atoms with Crippen LogP contribution in [0.25, 0.3) is 22.3 Å². The Morgan fingerprint density at radius 2 is 1.49 bits per heavy atom. The lowest BCUT2D eigenvalue weighted by molar-refractivity contribution is -0.314. The third-order valence-electron chi connectivity index (χ3n) is 7.30. The minimum absolute atomic E-state index is 0.0651. The van der Waals surface area contributed by atoms with E-state index in [2.05, 4.69) is 0 Å². The first-order valence-corrected chi connectivity index (χ1v) is 12.6. The van der Waals surface area contributed by atoms with E-state index in [9.17, 15) is 50.4 Å². The molecule has 3 aromatic rings. The zero-order chi connectivity index (χ0) is 29.9. The number of carbonyl (C=O) groups is 1. The third kappa shape index (κ3) is 4.89. The number of fused-ring (bicyclic) bond motifs is 1. The van der Waals surface area contributed by atoms with Crippen molar-refractivity contribution in [3.63, 3.8) is 0 Å². The minimum atomic E-state index is -1.82. The zero-order valence-corrected chi connectivity index (χ0v) is 21.6. The summed E-state index contributed by atoms with van der Waals surface area (Å²) in [4.78, 5) is 26.3. The summed E-state index contributed by atoms with van der Waals surface area (Å²) in [5.74, 6) is -3.42. The van der Waals surface area contributed by atoms with Gasteiger partial charge in [-0.25, -0.2) is 0 Å². The van der Waals surface area contributed by atoms with Crippen LogP contribution in [-0.2, 0) is 19.0 Å². The molecule has 220 valence electrons. The Morgan fingerprint density at radius 3 is 2.17 bits per heavy atom. The molecule has 2 aliphatic heterocycles. The summed E-state index contributed by atoms with van der Waals surface area (Å²) in [5.41, 5.74) is -1.32. The van der Waals surface area contributed by atoms with Gasteiger partial charge in [-0.05, 0) is 32.0 Å². The number of aliphatic hydroxyl groups excluding tert-OH is 4. The van der Waals surface area contributed by atoms with Crippen molar-refractivity contribution in [2.75, 3.05) is 0 Å². The van der Waals surface area contributed by atoms with Crippen molar-refractivity contribution in [1.82, 2.24) is 0 Å². The fraction of sp³-hybridized carbons (Fsp3) is 0.407. The number of aliphatic hydroxyl groups is 4. The Bertz CT molecular complexity index is 1550. The highest BCUT2D eigenvalue weighted by atomic mass is 16.7. The normalized spacial score (nSPS) is 32.3. The van der Waals surface area contributed by atoms with E-state index in [1.54, 1.807) is 0 Å². The number of carbonyl (C=O) groups excluding carboxylic acids is 1. The Labute approximate surface area is 230 Å². The molecule has 0 bridgehead atoms. The molecule has 0 aliphatic carbocycles. The molecule has 0 radical (unpaired) electrons. The average Bonchev–Trinajstić information content (AvgIpc) is 2.92. The molecule has 0 unspecified atom stereocenters. The lowest BCUT2D eigenvalue weighted by atomic mass is 9.90. The van der Waals surface area contributed by atoms with E-state index in [0.717, 1.165) is 18.2 Å². The van der Waals surface area contributed by atoms with Gasteiger partial charge >= 0.3 is 0 Å². The van der Waals surface area contributed by atoms with Crippen LogP contribution >= 0.6 is 0 Å². The van der Waals surface area contributed by atoms with Crippen LogP contribution in [0.2, 0.25) is 0 Å². The molecule has 14 heteroatoms. The summed E-state index contributed by atoms with van der Waals surface area (Å²) in [7, 11) is 0. The maximum Gasteiger partial charge on any atom is 0.197 e. The second kappa shape index (κ2) is 10.6. The van der Waals surface area contributed by atoms with Crippen molar-refractivity contribution in [2.24, 2.45) is 0 Å². The maximum atomic E-state index is 13.1. The predicted octanol–water partition coefficient (Wildman–Crippen LogP) is -0.115. The molecule has 2 aliphatic rings. The quantitative estimate of drug-likeness (QED) is 0.189. The van der Waals surface area contributed by atoms with Crippen molar-refractivity contribution < 1.29 is 64.3 Å². The monoisotopic (exact) mass is 576 g/mol. The zero-order valence-electron chi connectivity index (χ0n) is 21.6. The van der Waals surface area contributed by atoms with Gasteiger partial charge in [0.15, 0.2) is 35.1 Å². The summed E-state index contributed by atoms with van der Waals surface area (Å²) in [6, 6.07) is 5.67. The van der Waals surface area contributed by atoms with Crippen molar-refractivity contribution in [3.05, 3.63) is 46.1 Å². The molecule has 0 amide bonds. The summed E-state index contributed by atoms with van der Waals surface area (Å²) in [6.07, 6.45) is -14.1. The lowest BCUT2D eigenvalue weighted by Gasteiger charge is -2.43. The van der Waals surface area contributed by atoms with Gasteiger partial charge in [-0.1, -0.05) is 0 Å². The number of benzene rings is 2. The molecular formula is C27H28O14. The number of rotatable bonds is 4. The fourth-order valence-electron chi connectivity index (χ4n) is 4.96. The van der Waals surface area contributed by atoms with Crippen LogP contribution in [0.3, 0.4) is 0 Å². The van der Waals surface area contributed by atoms with E-state index < -0.39 is 100 Å². The number of ether oxygens (including phenoxy) is 3. The molecule has 2 aromatic carbocycles. The largest absolute Gasteiger partial charge is 0.507 e. The van der Waals surface area contributed by atoms with Gasteiger partial charge < -0.3 is 59.5 Å². The van der Waals surface area contributed by atoms with Crippen LogP contribution in [0.15, 0.2) is 39.5 Å². The van der Waals surface area contributed by atoms with Crippen LogP contribution in [0, 0.1) is 0 Å². The molecule has 8 N–H and O–H groups in total. The molecule has 0 saturated carbocycles. The highest BCUT2D eigenvalue weighted by Crippen LogP contribution is 2.45. The van der Waals surface area contributed by atoms with E-state index in [1.807, 2.05) is 0 Å². The van der Waals surface area contributed by atoms with Gasteiger partial charge in [0.1, 0.15) is 58.7 Å². The number of hydrogen-bond acceptors (Lipinski definition) is 14. The minimum Gasteiger partial charge on any atom is -0.507 e. The molecule has 14 nitrogen and oxygen atoms in total. The molecule has 5 rings (SSSR count). The van der Waals surface area contributed by atoms with E-state index in [0.29, 0.717) is 0 Å².